The number of benzene rings is 1. The van der Waals surface area contributed by atoms with Crippen LogP contribution >= 0.6 is 0 Å². The number of carbonyl (C=O) groups excluding carboxylic acids is 1. The zero-order chi connectivity index (χ0) is 25.0. The van der Waals surface area contributed by atoms with Gasteiger partial charge in [-0.2, -0.15) is 23.5 Å². The van der Waals surface area contributed by atoms with E-state index in [4.69, 9.17) is 4.74 Å². The van der Waals surface area contributed by atoms with E-state index in [9.17, 15) is 23.2 Å². The van der Waals surface area contributed by atoms with E-state index in [1.54, 1.807) is 33.0 Å². The molecule has 0 saturated heterocycles. The molecule has 0 aliphatic rings. The molecule has 7 nitrogen and oxygen atoms in total. The fraction of sp³-hybridized carbons (Fsp3) is 0.435. The zero-order valence-electron chi connectivity index (χ0n) is 19.3. The first-order valence-electron chi connectivity index (χ1n) is 9.99. The molecule has 0 saturated carbocycles. The lowest BCUT2D eigenvalue weighted by Crippen LogP contribution is -2.21. The van der Waals surface area contributed by atoms with Crippen molar-refractivity contribution in [2.75, 3.05) is 13.4 Å². The quantitative estimate of drug-likeness (QED) is 0.245. The van der Waals surface area contributed by atoms with E-state index in [0.717, 1.165) is 11.1 Å². The SMILES string of the molecule is Cc1nn(C)c(/C(OCOC(=O)OCC(F)(F)F)=C(\C#N)c2ccc(C(C)(C)C)cc2)c1C. The van der Waals surface area contributed by atoms with Crippen LogP contribution in [0.1, 0.15) is 48.8 Å². The molecular weight excluding hydrogens is 439 g/mol. The first kappa shape index (κ1) is 25.8. The molecule has 10 heteroatoms. The topological polar surface area (TPSA) is 86.4 Å². The molecule has 0 amide bonds. The first-order valence-corrected chi connectivity index (χ1v) is 9.99. The Balaban J connectivity index is 2.40. The molecule has 2 rings (SSSR count). The molecule has 2 aromatic rings. The summed E-state index contributed by atoms with van der Waals surface area (Å²) in [5.74, 6) is 0.0743. The number of carbonyl (C=O) groups is 1. The number of allylic oxidation sites excluding steroid dienone is 1. The van der Waals surface area contributed by atoms with Crippen LogP contribution in [0.5, 0.6) is 0 Å². The minimum Gasteiger partial charge on any atom is -0.454 e. The molecule has 33 heavy (non-hydrogen) atoms. The summed E-state index contributed by atoms with van der Waals surface area (Å²) in [5, 5.41) is 14.3. The van der Waals surface area contributed by atoms with Gasteiger partial charge in [-0.25, -0.2) is 4.79 Å². The van der Waals surface area contributed by atoms with Crippen LogP contribution in [-0.2, 0) is 26.7 Å². The fourth-order valence-corrected chi connectivity index (χ4v) is 3.04. The highest BCUT2D eigenvalue weighted by Crippen LogP contribution is 2.31. The minimum atomic E-state index is -4.68. The van der Waals surface area contributed by atoms with Crippen LogP contribution in [0.2, 0.25) is 0 Å². The highest BCUT2D eigenvalue weighted by atomic mass is 19.4. The Bertz CT molecular complexity index is 1070. The van der Waals surface area contributed by atoms with E-state index < -0.39 is 25.7 Å². The smallest absolute Gasteiger partial charge is 0.454 e. The molecule has 0 aliphatic carbocycles. The van der Waals surface area contributed by atoms with E-state index in [1.165, 1.54) is 4.68 Å². The summed E-state index contributed by atoms with van der Waals surface area (Å²) >= 11 is 0. The second-order valence-electron chi connectivity index (χ2n) is 8.39. The Kier molecular flexibility index (Phi) is 7.80. The molecule has 0 radical (unpaired) electrons. The van der Waals surface area contributed by atoms with Gasteiger partial charge in [-0.3, -0.25) is 4.68 Å². The molecule has 0 spiro atoms. The van der Waals surface area contributed by atoms with Crippen LogP contribution in [0.15, 0.2) is 24.3 Å². The largest absolute Gasteiger partial charge is 0.511 e. The van der Waals surface area contributed by atoms with E-state index in [1.807, 2.05) is 12.1 Å². The Hall–Kier alpha value is -3.48. The summed E-state index contributed by atoms with van der Waals surface area (Å²) in [6.07, 6.45) is -6.22. The van der Waals surface area contributed by atoms with Gasteiger partial charge < -0.3 is 14.2 Å². The van der Waals surface area contributed by atoms with E-state index in [-0.39, 0.29) is 16.7 Å². The number of alkyl halides is 3. The van der Waals surface area contributed by atoms with Crippen molar-refractivity contribution in [3.63, 3.8) is 0 Å². The number of nitrogens with zero attached hydrogens (tertiary/aromatic N) is 3. The summed E-state index contributed by atoms with van der Waals surface area (Å²) in [6, 6.07) is 9.47. The van der Waals surface area contributed by atoms with Gasteiger partial charge in [0.15, 0.2) is 12.4 Å². The van der Waals surface area contributed by atoms with Crippen molar-refractivity contribution in [1.29, 1.82) is 5.26 Å². The summed E-state index contributed by atoms with van der Waals surface area (Å²) in [4.78, 5) is 11.5. The average molecular weight is 465 g/mol. The number of hydrogen-bond donors (Lipinski definition) is 0. The molecule has 0 bridgehead atoms. The predicted molar refractivity (Wildman–Crippen MR) is 115 cm³/mol. The molecule has 1 aromatic heterocycles. The van der Waals surface area contributed by atoms with Crippen molar-refractivity contribution in [2.24, 2.45) is 7.05 Å². The van der Waals surface area contributed by atoms with Crippen LogP contribution in [0.4, 0.5) is 18.0 Å². The Morgan fingerprint density at radius 1 is 1.09 bits per heavy atom. The van der Waals surface area contributed by atoms with Gasteiger partial charge in [-0.1, -0.05) is 45.0 Å². The average Bonchev–Trinajstić information content (AvgIpc) is 2.96. The lowest BCUT2D eigenvalue weighted by atomic mass is 9.86. The van der Waals surface area contributed by atoms with Crippen LogP contribution in [0.25, 0.3) is 11.3 Å². The molecule has 0 aliphatic heterocycles. The Morgan fingerprint density at radius 3 is 2.15 bits per heavy atom. The summed E-state index contributed by atoms with van der Waals surface area (Å²) in [6.45, 7) is 7.22. The maximum absolute atomic E-state index is 12.2. The number of halogens is 3. The molecule has 0 unspecified atom stereocenters. The molecule has 0 atom stereocenters. The second-order valence-corrected chi connectivity index (χ2v) is 8.39. The molecule has 0 fully saturated rings. The monoisotopic (exact) mass is 465 g/mol. The van der Waals surface area contributed by atoms with Crippen molar-refractivity contribution >= 4 is 17.5 Å². The lowest BCUT2D eigenvalue weighted by Gasteiger charge is -2.19. The molecule has 1 heterocycles. The maximum atomic E-state index is 12.2. The van der Waals surface area contributed by atoms with E-state index in [0.29, 0.717) is 17.0 Å². The number of hydrogen-bond acceptors (Lipinski definition) is 6. The fourth-order valence-electron chi connectivity index (χ4n) is 3.04. The highest BCUT2D eigenvalue weighted by Gasteiger charge is 2.30. The summed E-state index contributed by atoms with van der Waals surface area (Å²) in [7, 11) is 1.66. The van der Waals surface area contributed by atoms with Crippen LogP contribution in [-0.4, -0.2) is 35.5 Å². The van der Waals surface area contributed by atoms with Gasteiger partial charge in [0.05, 0.1) is 5.69 Å². The van der Waals surface area contributed by atoms with Gasteiger partial charge in [0, 0.05) is 12.6 Å². The predicted octanol–water partition coefficient (Wildman–Crippen LogP) is 5.42. The summed E-state index contributed by atoms with van der Waals surface area (Å²) in [5.41, 5.74) is 3.57. The number of rotatable bonds is 6. The lowest BCUT2D eigenvalue weighted by molar-refractivity contribution is -0.167. The Labute approximate surface area is 190 Å². The van der Waals surface area contributed by atoms with Gasteiger partial charge in [-0.15, -0.1) is 0 Å². The van der Waals surface area contributed by atoms with Crippen molar-refractivity contribution in [3.8, 4) is 6.07 Å². The van der Waals surface area contributed by atoms with Gasteiger partial charge in [0.2, 0.25) is 6.79 Å². The van der Waals surface area contributed by atoms with Gasteiger partial charge in [0.25, 0.3) is 0 Å². The highest BCUT2D eigenvalue weighted by molar-refractivity contribution is 5.94. The molecule has 0 N–H and O–H groups in total. The van der Waals surface area contributed by atoms with Crippen molar-refractivity contribution in [1.82, 2.24) is 9.78 Å². The third-order valence-electron chi connectivity index (χ3n) is 4.85. The zero-order valence-corrected chi connectivity index (χ0v) is 19.3. The first-order chi connectivity index (χ1) is 15.2. The van der Waals surface area contributed by atoms with Gasteiger partial charge in [-0.05, 0) is 30.4 Å². The van der Waals surface area contributed by atoms with Gasteiger partial charge in [0.1, 0.15) is 17.3 Å². The van der Waals surface area contributed by atoms with Crippen LogP contribution in [0, 0.1) is 25.2 Å². The van der Waals surface area contributed by atoms with Gasteiger partial charge >= 0.3 is 12.3 Å². The van der Waals surface area contributed by atoms with Crippen molar-refractivity contribution in [3.05, 3.63) is 52.3 Å². The second kappa shape index (κ2) is 9.98. The van der Waals surface area contributed by atoms with E-state index >= 15 is 0 Å². The van der Waals surface area contributed by atoms with Crippen molar-refractivity contribution < 1.29 is 32.2 Å². The minimum absolute atomic E-state index is 0.0743. The van der Waals surface area contributed by atoms with Crippen LogP contribution < -0.4 is 0 Å². The van der Waals surface area contributed by atoms with E-state index in [2.05, 4.69) is 41.4 Å². The Morgan fingerprint density at radius 2 is 1.70 bits per heavy atom. The van der Waals surface area contributed by atoms with Crippen LogP contribution in [0.3, 0.4) is 0 Å². The third-order valence-corrected chi connectivity index (χ3v) is 4.85. The maximum Gasteiger partial charge on any atom is 0.511 e. The molecular formula is C23H26F3N3O4. The third kappa shape index (κ3) is 6.75. The number of aromatic nitrogens is 2. The number of ether oxygens (including phenoxy) is 3. The normalized spacial score (nSPS) is 12.6. The molecule has 1 aromatic carbocycles. The molecule has 178 valence electrons. The standard InChI is InChI=1S/C23H26F3N3O4/c1-14-15(2)28-29(6)19(14)20(32-13-33-21(30)31-12-23(24,25)26)18(11-27)16-7-9-17(10-8-16)22(3,4)5/h7-10H,12-13H2,1-6H3/b20-18-. The van der Waals surface area contributed by atoms with Crippen molar-refractivity contribution in [2.45, 2.75) is 46.2 Å². The number of nitriles is 1. The summed E-state index contributed by atoms with van der Waals surface area (Å²) < 4.78 is 52.3. The number of aryl methyl sites for hydroxylation is 2.